The van der Waals surface area contributed by atoms with Crippen LogP contribution in [0.5, 0.6) is 0 Å². The summed E-state index contributed by atoms with van der Waals surface area (Å²) in [5, 5.41) is 15.0. The van der Waals surface area contributed by atoms with Crippen molar-refractivity contribution in [2.45, 2.75) is 26.5 Å². The molecule has 0 aliphatic carbocycles. The summed E-state index contributed by atoms with van der Waals surface area (Å²) in [6.45, 7) is 4.22. The number of aryl methyl sites for hydroxylation is 2. The first kappa shape index (κ1) is 17.2. The minimum absolute atomic E-state index is 0.170. The molecule has 0 aliphatic rings. The molecule has 0 aliphatic heterocycles. The van der Waals surface area contributed by atoms with Gasteiger partial charge in [0.25, 0.3) is 5.56 Å². The zero-order valence-electron chi connectivity index (χ0n) is 15.3. The van der Waals surface area contributed by atoms with Crippen molar-refractivity contribution in [1.82, 2.24) is 14.2 Å². The highest BCUT2D eigenvalue weighted by Crippen LogP contribution is 2.22. The SMILES string of the molecule is Cc1ccc([C@@H](O)Cn2ccn3nc(-c4ccccc4C)cc3c2=O)cc1. The summed E-state index contributed by atoms with van der Waals surface area (Å²) >= 11 is 0. The number of aromatic nitrogens is 3. The van der Waals surface area contributed by atoms with Crippen molar-refractivity contribution in [3.8, 4) is 11.3 Å². The van der Waals surface area contributed by atoms with Crippen molar-refractivity contribution >= 4 is 5.52 Å². The zero-order valence-corrected chi connectivity index (χ0v) is 15.3. The predicted molar refractivity (Wildman–Crippen MR) is 106 cm³/mol. The van der Waals surface area contributed by atoms with Gasteiger partial charge in [-0.25, -0.2) is 4.52 Å². The third-order valence-electron chi connectivity index (χ3n) is 4.86. The number of nitrogens with zero attached hydrogens (tertiary/aromatic N) is 3. The first-order chi connectivity index (χ1) is 13.0. The highest BCUT2D eigenvalue weighted by Gasteiger charge is 2.13. The quantitative estimate of drug-likeness (QED) is 0.607. The van der Waals surface area contributed by atoms with Crippen LogP contribution in [0.3, 0.4) is 0 Å². The Balaban J connectivity index is 1.69. The monoisotopic (exact) mass is 359 g/mol. The van der Waals surface area contributed by atoms with E-state index >= 15 is 0 Å². The van der Waals surface area contributed by atoms with Gasteiger partial charge in [-0.2, -0.15) is 5.10 Å². The van der Waals surface area contributed by atoms with Crippen LogP contribution in [-0.2, 0) is 6.54 Å². The van der Waals surface area contributed by atoms with Crippen molar-refractivity contribution in [1.29, 1.82) is 0 Å². The van der Waals surface area contributed by atoms with Crippen LogP contribution in [0.2, 0.25) is 0 Å². The van der Waals surface area contributed by atoms with Crippen molar-refractivity contribution in [3.05, 3.63) is 94.0 Å². The van der Waals surface area contributed by atoms with Gasteiger partial charge in [0, 0.05) is 18.0 Å². The van der Waals surface area contributed by atoms with Gasteiger partial charge in [-0.05, 0) is 31.0 Å². The molecular formula is C22H21N3O2. The Kier molecular flexibility index (Phi) is 4.38. The Bertz CT molecular complexity index is 1160. The van der Waals surface area contributed by atoms with E-state index in [4.69, 9.17) is 0 Å². The van der Waals surface area contributed by atoms with E-state index in [9.17, 15) is 9.90 Å². The molecular weight excluding hydrogens is 338 g/mol. The summed E-state index contributed by atoms with van der Waals surface area (Å²) in [7, 11) is 0. The highest BCUT2D eigenvalue weighted by atomic mass is 16.3. The summed E-state index contributed by atoms with van der Waals surface area (Å²) in [6.07, 6.45) is 2.67. The lowest BCUT2D eigenvalue weighted by Crippen LogP contribution is -2.24. The average Bonchev–Trinajstić information content (AvgIpc) is 3.10. The van der Waals surface area contributed by atoms with Gasteiger partial charge in [-0.1, -0.05) is 54.1 Å². The molecule has 0 fully saturated rings. The number of aliphatic hydroxyl groups excluding tert-OH is 1. The fraction of sp³-hybridized carbons (Fsp3) is 0.182. The van der Waals surface area contributed by atoms with Gasteiger partial charge >= 0.3 is 0 Å². The molecule has 0 unspecified atom stereocenters. The summed E-state index contributed by atoms with van der Waals surface area (Å²) in [6, 6.07) is 17.5. The van der Waals surface area contributed by atoms with Gasteiger partial charge < -0.3 is 9.67 Å². The number of rotatable bonds is 4. The number of aliphatic hydroxyl groups is 1. The fourth-order valence-corrected chi connectivity index (χ4v) is 3.24. The average molecular weight is 359 g/mol. The van der Waals surface area contributed by atoms with Crippen LogP contribution in [0.1, 0.15) is 22.8 Å². The van der Waals surface area contributed by atoms with E-state index in [0.717, 1.165) is 27.9 Å². The number of hydrogen-bond acceptors (Lipinski definition) is 3. The predicted octanol–water partition coefficient (Wildman–Crippen LogP) is 3.51. The van der Waals surface area contributed by atoms with Crippen molar-refractivity contribution in [3.63, 3.8) is 0 Å². The van der Waals surface area contributed by atoms with Gasteiger partial charge in [-0.15, -0.1) is 0 Å². The van der Waals surface area contributed by atoms with Crippen LogP contribution in [0.4, 0.5) is 0 Å². The Morgan fingerprint density at radius 3 is 2.52 bits per heavy atom. The maximum absolute atomic E-state index is 12.9. The van der Waals surface area contributed by atoms with Crippen molar-refractivity contribution in [2.24, 2.45) is 0 Å². The van der Waals surface area contributed by atoms with Crippen LogP contribution in [-0.4, -0.2) is 19.3 Å². The second-order valence-corrected chi connectivity index (χ2v) is 6.86. The summed E-state index contributed by atoms with van der Waals surface area (Å²) in [5.41, 5.74) is 5.13. The van der Waals surface area contributed by atoms with E-state index < -0.39 is 6.10 Å². The zero-order chi connectivity index (χ0) is 19.0. The topological polar surface area (TPSA) is 59.5 Å². The van der Waals surface area contributed by atoms with Crippen molar-refractivity contribution in [2.75, 3.05) is 0 Å². The van der Waals surface area contributed by atoms with Crippen LogP contribution in [0.25, 0.3) is 16.8 Å². The molecule has 4 aromatic rings. The standard InChI is InChI=1S/C22H21N3O2/c1-15-7-9-17(10-8-15)21(26)14-24-11-12-25-20(22(24)27)13-19(23-25)18-6-4-3-5-16(18)2/h3-13,21,26H,14H2,1-2H3/t21-/m0/s1. The number of benzene rings is 2. The second-order valence-electron chi connectivity index (χ2n) is 6.86. The van der Waals surface area contributed by atoms with Gasteiger partial charge in [-0.3, -0.25) is 4.79 Å². The van der Waals surface area contributed by atoms with E-state index in [1.165, 1.54) is 4.57 Å². The third kappa shape index (κ3) is 3.29. The molecule has 0 amide bonds. The maximum Gasteiger partial charge on any atom is 0.276 e. The van der Waals surface area contributed by atoms with Crippen LogP contribution < -0.4 is 5.56 Å². The first-order valence-electron chi connectivity index (χ1n) is 8.92. The van der Waals surface area contributed by atoms with Crippen LogP contribution >= 0.6 is 0 Å². The van der Waals surface area contributed by atoms with E-state index in [1.54, 1.807) is 23.0 Å². The second kappa shape index (κ2) is 6.85. The largest absolute Gasteiger partial charge is 0.387 e. The summed E-state index contributed by atoms with van der Waals surface area (Å²) in [4.78, 5) is 12.9. The van der Waals surface area contributed by atoms with E-state index in [-0.39, 0.29) is 12.1 Å². The van der Waals surface area contributed by atoms with E-state index in [0.29, 0.717) is 5.52 Å². The minimum atomic E-state index is -0.746. The van der Waals surface area contributed by atoms with Crippen LogP contribution in [0, 0.1) is 13.8 Å². The molecule has 1 atom stereocenters. The maximum atomic E-state index is 12.9. The van der Waals surface area contributed by atoms with E-state index in [1.807, 2.05) is 62.4 Å². The molecule has 0 spiro atoms. The molecule has 27 heavy (non-hydrogen) atoms. The molecule has 2 aromatic carbocycles. The molecule has 2 aromatic heterocycles. The first-order valence-corrected chi connectivity index (χ1v) is 8.92. The molecule has 136 valence electrons. The Morgan fingerprint density at radius 2 is 1.78 bits per heavy atom. The Morgan fingerprint density at radius 1 is 1.04 bits per heavy atom. The van der Waals surface area contributed by atoms with Gasteiger partial charge in [0.1, 0.15) is 5.52 Å². The lowest BCUT2D eigenvalue weighted by Gasteiger charge is -2.13. The summed E-state index contributed by atoms with van der Waals surface area (Å²) in [5.74, 6) is 0. The van der Waals surface area contributed by atoms with Gasteiger partial charge in [0.05, 0.1) is 18.3 Å². The molecule has 0 saturated heterocycles. The Labute approximate surface area is 157 Å². The fourth-order valence-electron chi connectivity index (χ4n) is 3.24. The van der Waals surface area contributed by atoms with Gasteiger partial charge in [0.15, 0.2) is 0 Å². The molecule has 1 N–H and O–H groups in total. The van der Waals surface area contributed by atoms with E-state index in [2.05, 4.69) is 5.10 Å². The van der Waals surface area contributed by atoms with Gasteiger partial charge in [0.2, 0.25) is 0 Å². The minimum Gasteiger partial charge on any atom is -0.387 e. The molecule has 4 rings (SSSR count). The lowest BCUT2D eigenvalue weighted by atomic mass is 10.1. The molecule has 2 heterocycles. The molecule has 5 heteroatoms. The molecule has 5 nitrogen and oxygen atoms in total. The highest BCUT2D eigenvalue weighted by molar-refractivity contribution is 5.68. The Hall–Kier alpha value is -3.18. The lowest BCUT2D eigenvalue weighted by molar-refractivity contribution is 0.155. The third-order valence-corrected chi connectivity index (χ3v) is 4.86. The normalized spacial score (nSPS) is 12.4. The smallest absolute Gasteiger partial charge is 0.276 e. The van der Waals surface area contributed by atoms with Crippen LogP contribution in [0.15, 0.2) is 71.8 Å². The number of hydrogen-bond donors (Lipinski definition) is 1. The van der Waals surface area contributed by atoms with Crippen molar-refractivity contribution < 1.29 is 5.11 Å². The molecule has 0 bridgehead atoms. The number of fused-ring (bicyclic) bond motifs is 1. The molecule has 0 saturated carbocycles. The summed E-state index contributed by atoms with van der Waals surface area (Å²) < 4.78 is 3.13. The molecule has 0 radical (unpaired) electrons.